The molecule has 0 amide bonds. The van der Waals surface area contributed by atoms with Crippen LogP contribution in [0.25, 0.3) is 0 Å². The van der Waals surface area contributed by atoms with E-state index >= 15 is 0 Å². The molecule has 2 heterocycles. The third-order valence-electron chi connectivity index (χ3n) is 4.02. The summed E-state index contributed by atoms with van der Waals surface area (Å²) in [6.07, 6.45) is 4.20. The number of unbranched alkanes of at least 4 members (excludes halogenated alkanes) is 3. The Kier molecular flexibility index (Phi) is 10.9. The smallest absolute Gasteiger partial charge is 0.748 e. The monoisotopic (exact) mass is 400 g/mol. The molecule has 0 aliphatic carbocycles. The van der Waals surface area contributed by atoms with E-state index in [0.717, 1.165) is 25.7 Å². The fourth-order valence-electron chi connectivity index (χ4n) is 2.59. The molecule has 0 saturated carbocycles. The molecule has 0 saturated heterocycles. The standard InChI is InChI=1S/C16H26O6S2.Na/c1-2-3-4-5-6-14(24(17,18)19)7-8-20-13-9-21-15-11-23-12-16(15)22-10-13;/h11-14H,2-10H2,1H3,(H,17,18,19);/q;+1/p-1. The summed E-state index contributed by atoms with van der Waals surface area (Å²) in [7, 11) is -4.29. The average Bonchev–Trinajstić information content (AvgIpc) is 2.89. The summed E-state index contributed by atoms with van der Waals surface area (Å²) in [6.45, 7) is 3.01. The van der Waals surface area contributed by atoms with Gasteiger partial charge in [-0.25, -0.2) is 8.42 Å². The zero-order valence-corrected chi connectivity index (χ0v) is 18.6. The molecular formula is C16H25NaO6S2. The van der Waals surface area contributed by atoms with E-state index in [1.54, 1.807) is 0 Å². The number of ether oxygens (including phenoxy) is 3. The average molecular weight is 400 g/mol. The number of hydrogen-bond donors (Lipinski definition) is 0. The van der Waals surface area contributed by atoms with E-state index in [4.69, 9.17) is 14.2 Å². The van der Waals surface area contributed by atoms with Gasteiger partial charge < -0.3 is 18.8 Å². The van der Waals surface area contributed by atoms with Gasteiger partial charge in [0, 0.05) is 17.4 Å². The van der Waals surface area contributed by atoms with Crippen molar-refractivity contribution in [3.8, 4) is 11.5 Å². The molecule has 9 heteroatoms. The molecule has 6 nitrogen and oxygen atoms in total. The minimum Gasteiger partial charge on any atom is -0.748 e. The molecule has 1 aromatic heterocycles. The SMILES string of the molecule is CCCCCCC(CCOC1COc2cscc2OC1)S(=O)(=O)[O-].[Na+]. The van der Waals surface area contributed by atoms with E-state index in [1.807, 2.05) is 10.8 Å². The van der Waals surface area contributed by atoms with E-state index in [-0.39, 0.29) is 48.7 Å². The molecular weight excluding hydrogens is 375 g/mol. The molecule has 0 bridgehead atoms. The number of thiophene rings is 1. The van der Waals surface area contributed by atoms with Crippen LogP contribution in [0.5, 0.6) is 11.5 Å². The van der Waals surface area contributed by atoms with Crippen LogP contribution in [-0.4, -0.2) is 44.1 Å². The summed E-state index contributed by atoms with van der Waals surface area (Å²) in [5.74, 6) is 1.42. The fourth-order valence-corrected chi connectivity index (χ4v) is 4.12. The van der Waals surface area contributed by atoms with Crippen LogP contribution in [0.4, 0.5) is 0 Å². The van der Waals surface area contributed by atoms with Gasteiger partial charge in [0.05, 0.1) is 15.4 Å². The molecule has 0 N–H and O–H groups in total. The molecule has 1 aliphatic heterocycles. The van der Waals surface area contributed by atoms with Gasteiger partial charge in [-0.2, -0.15) is 0 Å². The second-order valence-electron chi connectivity index (χ2n) is 5.97. The summed E-state index contributed by atoms with van der Waals surface area (Å²) >= 11 is 1.51. The Hall–Kier alpha value is 0.170. The van der Waals surface area contributed by atoms with Crippen LogP contribution in [-0.2, 0) is 14.9 Å². The summed E-state index contributed by atoms with van der Waals surface area (Å²) in [4.78, 5) is 0. The first-order chi connectivity index (χ1) is 11.5. The van der Waals surface area contributed by atoms with Crippen molar-refractivity contribution in [2.45, 2.75) is 56.8 Å². The molecule has 1 aliphatic rings. The van der Waals surface area contributed by atoms with E-state index in [1.165, 1.54) is 11.3 Å². The maximum Gasteiger partial charge on any atom is 1.00 e. The molecule has 0 fully saturated rings. The van der Waals surface area contributed by atoms with Crippen molar-refractivity contribution in [2.24, 2.45) is 0 Å². The van der Waals surface area contributed by atoms with E-state index in [2.05, 4.69) is 6.92 Å². The van der Waals surface area contributed by atoms with Gasteiger partial charge in [-0.1, -0.05) is 32.6 Å². The number of hydrogen-bond acceptors (Lipinski definition) is 7. The van der Waals surface area contributed by atoms with E-state index < -0.39 is 15.4 Å². The largest absolute Gasteiger partial charge is 1.00 e. The van der Waals surface area contributed by atoms with Crippen LogP contribution in [0, 0.1) is 0 Å². The van der Waals surface area contributed by atoms with Gasteiger partial charge in [0.1, 0.15) is 19.3 Å². The summed E-state index contributed by atoms with van der Waals surface area (Å²) in [6, 6.07) is 0. The molecule has 0 aromatic carbocycles. The normalized spacial score (nSPS) is 16.1. The van der Waals surface area contributed by atoms with Crippen LogP contribution < -0.4 is 39.0 Å². The van der Waals surface area contributed by atoms with Crippen LogP contribution in [0.2, 0.25) is 0 Å². The maximum atomic E-state index is 11.4. The van der Waals surface area contributed by atoms with Crippen LogP contribution in [0.3, 0.4) is 0 Å². The first-order valence-electron chi connectivity index (χ1n) is 8.38. The van der Waals surface area contributed by atoms with Crippen molar-refractivity contribution < 1.29 is 56.7 Å². The Morgan fingerprint density at radius 1 is 1.20 bits per heavy atom. The Bertz CT molecular complexity index is 567. The Balaban J connectivity index is 0.00000312. The summed E-state index contributed by atoms with van der Waals surface area (Å²) in [5, 5.41) is 2.87. The minimum atomic E-state index is -4.29. The second-order valence-corrected chi connectivity index (χ2v) is 8.36. The van der Waals surface area contributed by atoms with Gasteiger partial charge in [-0.05, 0) is 12.8 Å². The van der Waals surface area contributed by atoms with Crippen molar-refractivity contribution in [1.82, 2.24) is 0 Å². The Morgan fingerprint density at radius 3 is 2.40 bits per heavy atom. The third-order valence-corrected chi connectivity index (χ3v) is 6.01. The van der Waals surface area contributed by atoms with Gasteiger partial charge >= 0.3 is 29.6 Å². The van der Waals surface area contributed by atoms with Crippen molar-refractivity contribution in [2.75, 3.05) is 19.8 Å². The zero-order chi connectivity index (χ0) is 17.4. The molecule has 25 heavy (non-hydrogen) atoms. The van der Waals surface area contributed by atoms with Gasteiger partial charge in [-0.3, -0.25) is 0 Å². The zero-order valence-electron chi connectivity index (χ0n) is 14.9. The minimum absolute atomic E-state index is 0. The van der Waals surface area contributed by atoms with Crippen LogP contribution >= 0.6 is 11.3 Å². The summed E-state index contributed by atoms with van der Waals surface area (Å²) in [5.41, 5.74) is 0. The number of fused-ring (bicyclic) bond motifs is 1. The third kappa shape index (κ3) is 8.15. The second kappa shape index (κ2) is 11.8. The van der Waals surface area contributed by atoms with Crippen LogP contribution in [0.15, 0.2) is 10.8 Å². The van der Waals surface area contributed by atoms with Crippen molar-refractivity contribution in [1.29, 1.82) is 0 Å². The molecule has 138 valence electrons. The van der Waals surface area contributed by atoms with E-state index in [9.17, 15) is 13.0 Å². The predicted molar refractivity (Wildman–Crippen MR) is 91.9 cm³/mol. The summed E-state index contributed by atoms with van der Waals surface area (Å²) < 4.78 is 51.0. The first kappa shape index (κ1) is 23.2. The molecule has 0 radical (unpaired) electrons. The van der Waals surface area contributed by atoms with Crippen molar-refractivity contribution in [3.05, 3.63) is 10.8 Å². The molecule has 1 aromatic rings. The Morgan fingerprint density at radius 2 is 1.84 bits per heavy atom. The Labute approximate surface area is 176 Å². The van der Waals surface area contributed by atoms with E-state index in [0.29, 0.717) is 31.1 Å². The maximum absolute atomic E-state index is 11.4. The molecule has 1 atom stereocenters. The van der Waals surface area contributed by atoms with Gasteiger partial charge in [0.2, 0.25) is 0 Å². The molecule has 0 spiro atoms. The first-order valence-corrected chi connectivity index (χ1v) is 10.8. The van der Waals surface area contributed by atoms with Gasteiger partial charge in [0.25, 0.3) is 0 Å². The molecule has 2 rings (SSSR count). The van der Waals surface area contributed by atoms with Crippen molar-refractivity contribution >= 4 is 21.5 Å². The quantitative estimate of drug-likeness (QED) is 0.317. The van der Waals surface area contributed by atoms with Crippen LogP contribution in [0.1, 0.15) is 45.4 Å². The molecule has 1 unspecified atom stereocenters. The van der Waals surface area contributed by atoms with Gasteiger partial charge in [0.15, 0.2) is 11.5 Å². The van der Waals surface area contributed by atoms with Gasteiger partial charge in [-0.15, -0.1) is 11.3 Å². The topological polar surface area (TPSA) is 84.9 Å². The van der Waals surface area contributed by atoms with Crippen molar-refractivity contribution in [3.63, 3.8) is 0 Å². The fraction of sp³-hybridized carbons (Fsp3) is 0.750. The number of rotatable bonds is 10. The predicted octanol–water partition coefficient (Wildman–Crippen LogP) is 0.183.